The summed E-state index contributed by atoms with van der Waals surface area (Å²) in [6, 6.07) is 16.6. The molecule has 1 N–H and O–H groups in total. The molecule has 3 heteroatoms. The number of para-hydroxylation sites is 3. The van der Waals surface area contributed by atoms with E-state index in [9.17, 15) is 0 Å². The third kappa shape index (κ3) is 1.43. The van der Waals surface area contributed by atoms with Crippen LogP contribution in [0.5, 0.6) is 0 Å². The molecule has 0 aliphatic carbocycles. The van der Waals surface area contributed by atoms with Crippen molar-refractivity contribution in [3.63, 3.8) is 0 Å². The number of hydrogen-bond acceptors (Lipinski definition) is 1. The number of rotatable bonds is 1. The predicted molar refractivity (Wildman–Crippen MR) is 82.7 cm³/mol. The second-order valence-corrected chi connectivity index (χ2v) is 5.14. The van der Waals surface area contributed by atoms with Gasteiger partial charge in [0.05, 0.1) is 11.0 Å². The van der Waals surface area contributed by atoms with Crippen molar-refractivity contribution < 1.29 is 0 Å². The number of imidazole rings is 1. The molecule has 0 aliphatic heterocycles. The van der Waals surface area contributed by atoms with Crippen LogP contribution in [0.2, 0.25) is 0 Å². The maximum atomic E-state index is 4.74. The van der Waals surface area contributed by atoms with E-state index in [2.05, 4.69) is 53.9 Å². The van der Waals surface area contributed by atoms with Crippen molar-refractivity contribution in [2.45, 2.75) is 6.92 Å². The number of nitrogens with zero attached hydrogens (tertiary/aromatic N) is 2. The molecular weight excluding hydrogens is 246 g/mol. The SMILES string of the molecule is Cc1c(-c2nc3ccccc3[nH]2)c2ccccc2n1C. The Morgan fingerprint density at radius 2 is 1.75 bits per heavy atom. The highest BCUT2D eigenvalue weighted by atomic mass is 15.0. The zero-order valence-corrected chi connectivity index (χ0v) is 11.5. The van der Waals surface area contributed by atoms with Gasteiger partial charge >= 0.3 is 0 Å². The van der Waals surface area contributed by atoms with Crippen molar-refractivity contribution in [1.29, 1.82) is 0 Å². The number of nitrogens with one attached hydrogen (secondary N) is 1. The summed E-state index contributed by atoms with van der Waals surface area (Å²) in [6.07, 6.45) is 0. The molecule has 4 aromatic rings. The summed E-state index contributed by atoms with van der Waals surface area (Å²) in [5.41, 5.74) is 5.75. The molecule has 0 spiro atoms. The zero-order chi connectivity index (χ0) is 13.7. The molecule has 4 rings (SSSR count). The average Bonchev–Trinajstić information content (AvgIpc) is 3.00. The topological polar surface area (TPSA) is 33.6 Å². The maximum absolute atomic E-state index is 4.74. The molecule has 0 radical (unpaired) electrons. The van der Waals surface area contributed by atoms with Crippen LogP contribution in [0.4, 0.5) is 0 Å². The Morgan fingerprint density at radius 1 is 1.00 bits per heavy atom. The van der Waals surface area contributed by atoms with E-state index in [4.69, 9.17) is 4.98 Å². The Bertz CT molecular complexity index is 895. The van der Waals surface area contributed by atoms with Crippen molar-refractivity contribution in [3.05, 3.63) is 54.2 Å². The molecule has 0 atom stereocenters. The Labute approximate surface area is 116 Å². The molecule has 20 heavy (non-hydrogen) atoms. The van der Waals surface area contributed by atoms with Gasteiger partial charge in [-0.2, -0.15) is 0 Å². The lowest BCUT2D eigenvalue weighted by molar-refractivity contribution is 0.918. The summed E-state index contributed by atoms with van der Waals surface area (Å²) < 4.78 is 2.22. The minimum absolute atomic E-state index is 0.945. The van der Waals surface area contributed by atoms with Gasteiger partial charge in [-0.1, -0.05) is 30.3 Å². The average molecular weight is 261 g/mol. The Morgan fingerprint density at radius 3 is 2.60 bits per heavy atom. The Hall–Kier alpha value is -2.55. The number of H-pyrrole nitrogens is 1. The van der Waals surface area contributed by atoms with Gasteiger partial charge in [-0.05, 0) is 25.1 Å². The first kappa shape index (κ1) is 11.3. The van der Waals surface area contributed by atoms with Crippen LogP contribution in [0.3, 0.4) is 0 Å². The van der Waals surface area contributed by atoms with Gasteiger partial charge in [-0.25, -0.2) is 4.98 Å². The van der Waals surface area contributed by atoms with Gasteiger partial charge in [-0.15, -0.1) is 0 Å². The summed E-state index contributed by atoms with van der Waals surface area (Å²) in [4.78, 5) is 8.17. The van der Waals surface area contributed by atoms with Crippen LogP contribution in [0.25, 0.3) is 33.3 Å². The molecule has 0 saturated heterocycles. The van der Waals surface area contributed by atoms with Gasteiger partial charge in [-0.3, -0.25) is 0 Å². The van der Waals surface area contributed by atoms with Gasteiger partial charge in [0.1, 0.15) is 5.82 Å². The van der Waals surface area contributed by atoms with Gasteiger partial charge in [0.15, 0.2) is 0 Å². The second-order valence-electron chi connectivity index (χ2n) is 5.14. The largest absolute Gasteiger partial charge is 0.347 e. The van der Waals surface area contributed by atoms with E-state index in [0.717, 1.165) is 16.9 Å². The van der Waals surface area contributed by atoms with Crippen molar-refractivity contribution in [1.82, 2.24) is 14.5 Å². The smallest absolute Gasteiger partial charge is 0.140 e. The highest BCUT2D eigenvalue weighted by Gasteiger charge is 2.16. The normalized spacial score (nSPS) is 11.5. The van der Waals surface area contributed by atoms with Gasteiger partial charge in [0, 0.05) is 29.2 Å². The van der Waals surface area contributed by atoms with Gasteiger partial charge in [0.2, 0.25) is 0 Å². The zero-order valence-electron chi connectivity index (χ0n) is 11.5. The summed E-state index contributed by atoms with van der Waals surface area (Å²) in [6.45, 7) is 2.14. The van der Waals surface area contributed by atoms with Crippen LogP contribution in [0.1, 0.15) is 5.69 Å². The fourth-order valence-corrected chi connectivity index (χ4v) is 2.89. The molecule has 2 aromatic carbocycles. The van der Waals surface area contributed by atoms with Crippen molar-refractivity contribution in [2.75, 3.05) is 0 Å². The lowest BCUT2D eigenvalue weighted by Crippen LogP contribution is -1.90. The van der Waals surface area contributed by atoms with Crippen LogP contribution < -0.4 is 0 Å². The number of aromatic nitrogens is 3. The highest BCUT2D eigenvalue weighted by Crippen LogP contribution is 2.33. The number of aromatic amines is 1. The van der Waals surface area contributed by atoms with Crippen LogP contribution >= 0.6 is 0 Å². The molecule has 0 aliphatic rings. The minimum atomic E-state index is 0.945. The van der Waals surface area contributed by atoms with Crippen LogP contribution in [0.15, 0.2) is 48.5 Å². The molecule has 0 bridgehead atoms. The number of benzene rings is 2. The molecule has 3 nitrogen and oxygen atoms in total. The predicted octanol–water partition coefficient (Wildman–Crippen LogP) is 4.03. The molecule has 0 saturated carbocycles. The lowest BCUT2D eigenvalue weighted by Gasteiger charge is -1.98. The van der Waals surface area contributed by atoms with E-state index >= 15 is 0 Å². The number of aryl methyl sites for hydroxylation is 1. The van der Waals surface area contributed by atoms with E-state index in [0.29, 0.717) is 0 Å². The standard InChI is InChI=1S/C17H15N3/c1-11-16(12-7-3-6-10-15(12)20(11)2)17-18-13-8-4-5-9-14(13)19-17/h3-10H,1-2H3,(H,18,19). The molecule has 0 fully saturated rings. The molecule has 2 heterocycles. The summed E-state index contributed by atoms with van der Waals surface area (Å²) in [7, 11) is 2.10. The maximum Gasteiger partial charge on any atom is 0.140 e. The fourth-order valence-electron chi connectivity index (χ4n) is 2.89. The van der Waals surface area contributed by atoms with Gasteiger partial charge < -0.3 is 9.55 Å². The number of fused-ring (bicyclic) bond motifs is 2. The first-order valence-electron chi connectivity index (χ1n) is 6.75. The second kappa shape index (κ2) is 3.97. The van der Waals surface area contributed by atoms with E-state index in [1.165, 1.54) is 22.2 Å². The summed E-state index contributed by atoms with van der Waals surface area (Å²) >= 11 is 0. The Kier molecular flexibility index (Phi) is 2.24. The summed E-state index contributed by atoms with van der Waals surface area (Å²) in [5, 5.41) is 1.24. The third-order valence-corrected chi connectivity index (χ3v) is 4.03. The van der Waals surface area contributed by atoms with Crippen molar-refractivity contribution >= 4 is 21.9 Å². The third-order valence-electron chi connectivity index (χ3n) is 4.03. The van der Waals surface area contributed by atoms with Crippen molar-refractivity contribution in [3.8, 4) is 11.4 Å². The monoisotopic (exact) mass is 261 g/mol. The molecule has 0 unspecified atom stereocenters. The molecule has 2 aromatic heterocycles. The quantitative estimate of drug-likeness (QED) is 0.551. The fraction of sp³-hybridized carbons (Fsp3) is 0.118. The van der Waals surface area contributed by atoms with E-state index in [-0.39, 0.29) is 0 Å². The molecular formula is C17H15N3. The van der Waals surface area contributed by atoms with E-state index in [1.807, 2.05) is 18.2 Å². The van der Waals surface area contributed by atoms with Gasteiger partial charge in [0.25, 0.3) is 0 Å². The Balaban J connectivity index is 2.09. The minimum Gasteiger partial charge on any atom is -0.347 e. The number of hydrogen-bond donors (Lipinski definition) is 1. The molecule has 98 valence electrons. The van der Waals surface area contributed by atoms with Crippen LogP contribution in [0, 0.1) is 6.92 Å². The molecule has 0 amide bonds. The van der Waals surface area contributed by atoms with E-state index < -0.39 is 0 Å². The first-order chi connectivity index (χ1) is 9.75. The highest BCUT2D eigenvalue weighted by molar-refractivity contribution is 5.97. The first-order valence-corrected chi connectivity index (χ1v) is 6.75. The van der Waals surface area contributed by atoms with E-state index in [1.54, 1.807) is 0 Å². The lowest BCUT2D eigenvalue weighted by atomic mass is 10.1. The summed E-state index contributed by atoms with van der Waals surface area (Å²) in [5.74, 6) is 0.945. The van der Waals surface area contributed by atoms with Crippen LogP contribution in [-0.2, 0) is 7.05 Å². The van der Waals surface area contributed by atoms with Crippen molar-refractivity contribution in [2.24, 2.45) is 7.05 Å². The van der Waals surface area contributed by atoms with Crippen LogP contribution in [-0.4, -0.2) is 14.5 Å².